The van der Waals surface area contributed by atoms with Gasteiger partial charge in [0.2, 0.25) is 0 Å². The van der Waals surface area contributed by atoms with Gasteiger partial charge in [-0.3, -0.25) is 0 Å². The summed E-state index contributed by atoms with van der Waals surface area (Å²) in [4.78, 5) is 0. The van der Waals surface area contributed by atoms with Crippen LogP contribution in [0.15, 0.2) is 54.6 Å². The molecule has 0 saturated heterocycles. The van der Waals surface area contributed by atoms with Gasteiger partial charge in [-0.15, -0.1) is 0 Å². The predicted octanol–water partition coefficient (Wildman–Crippen LogP) is 4.13. The van der Waals surface area contributed by atoms with Crippen molar-refractivity contribution in [3.05, 3.63) is 60.2 Å². The van der Waals surface area contributed by atoms with E-state index in [0.717, 1.165) is 37.4 Å². The highest BCUT2D eigenvalue weighted by molar-refractivity contribution is 5.46. The first-order chi connectivity index (χ1) is 9.38. The standard InChI is InChI=1S/C17H21NO/c1-2-18-16-10-12-17(13-11-16)19-14-6-9-15-7-4-3-5-8-15/h3-5,7-8,10-13,18H,2,6,9,14H2,1H3. The zero-order valence-corrected chi connectivity index (χ0v) is 11.4. The zero-order chi connectivity index (χ0) is 13.3. The van der Waals surface area contributed by atoms with Crippen molar-refractivity contribution < 1.29 is 4.74 Å². The van der Waals surface area contributed by atoms with Crippen LogP contribution >= 0.6 is 0 Å². The molecule has 2 heteroatoms. The predicted molar refractivity (Wildman–Crippen MR) is 80.9 cm³/mol. The van der Waals surface area contributed by atoms with Crippen molar-refractivity contribution in [2.75, 3.05) is 18.5 Å². The second kappa shape index (κ2) is 7.47. The minimum absolute atomic E-state index is 0.759. The van der Waals surface area contributed by atoms with E-state index in [4.69, 9.17) is 4.74 Å². The van der Waals surface area contributed by atoms with E-state index in [2.05, 4.69) is 48.6 Å². The third kappa shape index (κ3) is 4.66. The fourth-order valence-corrected chi connectivity index (χ4v) is 1.98. The molecule has 0 spiro atoms. The first kappa shape index (κ1) is 13.5. The van der Waals surface area contributed by atoms with Crippen LogP contribution in [0.25, 0.3) is 0 Å². The summed E-state index contributed by atoms with van der Waals surface area (Å²) in [5.41, 5.74) is 2.51. The number of rotatable bonds is 7. The Kier molecular flexibility index (Phi) is 5.30. The highest BCUT2D eigenvalue weighted by Crippen LogP contribution is 2.15. The Balaban J connectivity index is 1.70. The molecule has 2 aromatic rings. The molecule has 0 aromatic heterocycles. The molecular weight excluding hydrogens is 234 g/mol. The molecule has 100 valence electrons. The molecule has 2 nitrogen and oxygen atoms in total. The number of benzene rings is 2. The maximum Gasteiger partial charge on any atom is 0.119 e. The molecule has 0 heterocycles. The van der Waals surface area contributed by atoms with Gasteiger partial charge in [-0.1, -0.05) is 30.3 Å². The molecular formula is C17H21NO. The molecule has 0 unspecified atom stereocenters. The van der Waals surface area contributed by atoms with Gasteiger partial charge in [-0.05, 0) is 49.6 Å². The maximum atomic E-state index is 5.73. The highest BCUT2D eigenvalue weighted by atomic mass is 16.5. The molecule has 0 bridgehead atoms. The smallest absolute Gasteiger partial charge is 0.119 e. The van der Waals surface area contributed by atoms with E-state index in [1.807, 2.05) is 18.2 Å². The summed E-state index contributed by atoms with van der Waals surface area (Å²) < 4.78 is 5.73. The molecule has 1 N–H and O–H groups in total. The first-order valence-electron chi connectivity index (χ1n) is 6.89. The van der Waals surface area contributed by atoms with Crippen LogP contribution in [0.2, 0.25) is 0 Å². The van der Waals surface area contributed by atoms with Crippen molar-refractivity contribution in [2.45, 2.75) is 19.8 Å². The van der Waals surface area contributed by atoms with Crippen molar-refractivity contribution in [1.82, 2.24) is 0 Å². The number of anilines is 1. The van der Waals surface area contributed by atoms with E-state index in [9.17, 15) is 0 Å². The molecule has 0 aliphatic heterocycles. The largest absolute Gasteiger partial charge is 0.494 e. The summed E-state index contributed by atoms with van der Waals surface area (Å²) in [6.45, 7) is 3.79. The van der Waals surface area contributed by atoms with Gasteiger partial charge in [0.1, 0.15) is 5.75 Å². The zero-order valence-electron chi connectivity index (χ0n) is 11.4. The highest BCUT2D eigenvalue weighted by Gasteiger charge is 1.96. The minimum atomic E-state index is 0.759. The van der Waals surface area contributed by atoms with E-state index in [1.54, 1.807) is 0 Å². The lowest BCUT2D eigenvalue weighted by atomic mass is 10.1. The third-order valence-corrected chi connectivity index (χ3v) is 2.96. The van der Waals surface area contributed by atoms with Gasteiger partial charge in [0, 0.05) is 12.2 Å². The number of hydrogen-bond acceptors (Lipinski definition) is 2. The van der Waals surface area contributed by atoms with Crippen LogP contribution in [0.1, 0.15) is 18.9 Å². The maximum absolute atomic E-state index is 5.73. The van der Waals surface area contributed by atoms with Gasteiger partial charge in [-0.25, -0.2) is 0 Å². The summed E-state index contributed by atoms with van der Waals surface area (Å²) in [6, 6.07) is 18.7. The van der Waals surface area contributed by atoms with Crippen LogP contribution in [0.5, 0.6) is 5.75 Å². The first-order valence-corrected chi connectivity index (χ1v) is 6.89. The summed E-state index contributed by atoms with van der Waals surface area (Å²) in [5.74, 6) is 0.940. The van der Waals surface area contributed by atoms with Crippen LogP contribution in [0, 0.1) is 0 Å². The van der Waals surface area contributed by atoms with Crippen molar-refractivity contribution in [2.24, 2.45) is 0 Å². The summed E-state index contributed by atoms with van der Waals surface area (Å²) >= 11 is 0. The van der Waals surface area contributed by atoms with Gasteiger partial charge >= 0.3 is 0 Å². The molecule has 2 rings (SSSR count). The van der Waals surface area contributed by atoms with Gasteiger partial charge in [0.25, 0.3) is 0 Å². The second-order valence-electron chi connectivity index (χ2n) is 4.49. The molecule has 0 radical (unpaired) electrons. The summed E-state index contributed by atoms with van der Waals surface area (Å²) in [5, 5.41) is 3.27. The van der Waals surface area contributed by atoms with E-state index in [-0.39, 0.29) is 0 Å². The average Bonchev–Trinajstić information content (AvgIpc) is 2.47. The third-order valence-electron chi connectivity index (χ3n) is 2.96. The fourth-order valence-electron chi connectivity index (χ4n) is 1.98. The fraction of sp³-hybridized carbons (Fsp3) is 0.294. The van der Waals surface area contributed by atoms with E-state index >= 15 is 0 Å². The van der Waals surface area contributed by atoms with Gasteiger partial charge < -0.3 is 10.1 Å². The summed E-state index contributed by atoms with van der Waals surface area (Å²) in [7, 11) is 0. The van der Waals surface area contributed by atoms with E-state index in [0.29, 0.717) is 0 Å². The molecule has 19 heavy (non-hydrogen) atoms. The Morgan fingerprint density at radius 3 is 2.37 bits per heavy atom. The van der Waals surface area contributed by atoms with Crippen LogP contribution < -0.4 is 10.1 Å². The number of nitrogens with one attached hydrogen (secondary N) is 1. The number of hydrogen-bond donors (Lipinski definition) is 1. The Labute approximate surface area is 115 Å². The Morgan fingerprint density at radius 2 is 1.68 bits per heavy atom. The Hall–Kier alpha value is -1.96. The van der Waals surface area contributed by atoms with Gasteiger partial charge in [0.15, 0.2) is 0 Å². The molecule has 0 saturated carbocycles. The monoisotopic (exact) mass is 255 g/mol. The quantitative estimate of drug-likeness (QED) is 0.751. The van der Waals surface area contributed by atoms with Crippen molar-refractivity contribution in [3.8, 4) is 5.75 Å². The molecule has 0 atom stereocenters. The van der Waals surface area contributed by atoms with Crippen LogP contribution in [-0.2, 0) is 6.42 Å². The number of ether oxygens (including phenoxy) is 1. The minimum Gasteiger partial charge on any atom is -0.494 e. The van der Waals surface area contributed by atoms with Gasteiger partial charge in [-0.2, -0.15) is 0 Å². The Morgan fingerprint density at radius 1 is 0.947 bits per heavy atom. The average molecular weight is 255 g/mol. The van der Waals surface area contributed by atoms with Crippen LogP contribution in [0.3, 0.4) is 0 Å². The van der Waals surface area contributed by atoms with E-state index < -0.39 is 0 Å². The molecule has 0 amide bonds. The van der Waals surface area contributed by atoms with Gasteiger partial charge in [0.05, 0.1) is 6.61 Å². The Bertz CT molecular complexity index is 464. The SMILES string of the molecule is CCNc1ccc(OCCCc2ccccc2)cc1. The van der Waals surface area contributed by atoms with Crippen molar-refractivity contribution in [1.29, 1.82) is 0 Å². The summed E-state index contributed by atoms with van der Waals surface area (Å²) in [6.07, 6.45) is 2.11. The van der Waals surface area contributed by atoms with E-state index in [1.165, 1.54) is 5.56 Å². The molecule has 0 aliphatic carbocycles. The van der Waals surface area contributed by atoms with Crippen molar-refractivity contribution >= 4 is 5.69 Å². The second-order valence-corrected chi connectivity index (χ2v) is 4.49. The van der Waals surface area contributed by atoms with Crippen LogP contribution in [0.4, 0.5) is 5.69 Å². The molecule has 0 aliphatic rings. The normalized spacial score (nSPS) is 10.2. The lowest BCUT2D eigenvalue weighted by Gasteiger charge is -2.08. The lowest BCUT2D eigenvalue weighted by Crippen LogP contribution is -2.00. The topological polar surface area (TPSA) is 21.3 Å². The van der Waals surface area contributed by atoms with Crippen LogP contribution in [-0.4, -0.2) is 13.2 Å². The molecule has 2 aromatic carbocycles. The van der Waals surface area contributed by atoms with Crippen molar-refractivity contribution in [3.63, 3.8) is 0 Å². The molecule has 0 fully saturated rings. The lowest BCUT2D eigenvalue weighted by molar-refractivity contribution is 0.311. The number of aryl methyl sites for hydroxylation is 1.